The van der Waals surface area contributed by atoms with Crippen LogP contribution in [0, 0.1) is 5.92 Å². The van der Waals surface area contributed by atoms with Gasteiger partial charge in [0.25, 0.3) is 0 Å². The Morgan fingerprint density at radius 2 is 2.45 bits per heavy atom. The number of unbranched alkanes of at least 4 members (excludes halogenated alkanes) is 1. The molecule has 0 saturated heterocycles. The Bertz CT molecular complexity index is 153. The molecule has 0 aliphatic heterocycles. The van der Waals surface area contributed by atoms with E-state index < -0.39 is 0 Å². The normalized spacial score (nSPS) is 18.5. The second-order valence-corrected chi connectivity index (χ2v) is 3.30. The SMILES string of the molecule is C=CC(CCCC)C1=CCC1. The van der Waals surface area contributed by atoms with E-state index in [4.69, 9.17) is 0 Å². The summed E-state index contributed by atoms with van der Waals surface area (Å²) in [6.45, 7) is 6.12. The molecule has 1 rings (SSSR count). The molecule has 0 N–H and O–H groups in total. The molecule has 62 valence electrons. The second-order valence-electron chi connectivity index (χ2n) is 3.30. The van der Waals surface area contributed by atoms with Crippen LogP contribution in [0.1, 0.15) is 39.0 Å². The summed E-state index contributed by atoms with van der Waals surface area (Å²) in [5.74, 6) is 0.698. The molecule has 0 radical (unpaired) electrons. The Kier molecular flexibility index (Phi) is 3.41. The van der Waals surface area contributed by atoms with Gasteiger partial charge in [-0.3, -0.25) is 0 Å². The lowest BCUT2D eigenvalue weighted by molar-refractivity contribution is 0.578. The van der Waals surface area contributed by atoms with Crippen LogP contribution >= 0.6 is 0 Å². The summed E-state index contributed by atoms with van der Waals surface area (Å²) in [6, 6.07) is 0. The summed E-state index contributed by atoms with van der Waals surface area (Å²) >= 11 is 0. The first-order valence-corrected chi connectivity index (χ1v) is 4.70. The van der Waals surface area contributed by atoms with Crippen LogP contribution in [0.3, 0.4) is 0 Å². The molecule has 1 unspecified atom stereocenters. The average molecular weight is 150 g/mol. The zero-order chi connectivity index (χ0) is 8.10. The monoisotopic (exact) mass is 150 g/mol. The fourth-order valence-electron chi connectivity index (χ4n) is 1.53. The molecule has 0 saturated carbocycles. The maximum Gasteiger partial charge on any atom is -0.00259 e. The van der Waals surface area contributed by atoms with Crippen molar-refractivity contribution < 1.29 is 0 Å². The van der Waals surface area contributed by atoms with Crippen LogP contribution in [-0.2, 0) is 0 Å². The van der Waals surface area contributed by atoms with Crippen molar-refractivity contribution in [1.82, 2.24) is 0 Å². The van der Waals surface area contributed by atoms with Crippen molar-refractivity contribution in [3.05, 3.63) is 24.3 Å². The average Bonchev–Trinajstić information content (AvgIpc) is 1.93. The van der Waals surface area contributed by atoms with Gasteiger partial charge in [0, 0.05) is 0 Å². The van der Waals surface area contributed by atoms with Crippen LogP contribution in [0.5, 0.6) is 0 Å². The summed E-state index contributed by atoms with van der Waals surface area (Å²) in [7, 11) is 0. The molecule has 1 aliphatic carbocycles. The van der Waals surface area contributed by atoms with Gasteiger partial charge >= 0.3 is 0 Å². The first-order chi connectivity index (χ1) is 5.38. The lowest BCUT2D eigenvalue weighted by Gasteiger charge is -2.22. The van der Waals surface area contributed by atoms with E-state index >= 15 is 0 Å². The van der Waals surface area contributed by atoms with Crippen LogP contribution in [0.2, 0.25) is 0 Å². The van der Waals surface area contributed by atoms with Gasteiger partial charge in [-0.25, -0.2) is 0 Å². The highest BCUT2D eigenvalue weighted by atomic mass is 14.2. The van der Waals surface area contributed by atoms with Gasteiger partial charge in [-0.1, -0.05) is 37.5 Å². The standard InChI is InChI=1S/C11H18/c1-3-5-7-10(4-2)11-8-6-9-11/h4,8,10H,2-3,5-7,9H2,1H3. The first kappa shape index (κ1) is 8.58. The minimum atomic E-state index is 0.698. The van der Waals surface area contributed by atoms with Crippen molar-refractivity contribution in [1.29, 1.82) is 0 Å². The van der Waals surface area contributed by atoms with Crippen molar-refractivity contribution >= 4 is 0 Å². The molecule has 0 amide bonds. The largest absolute Gasteiger partial charge is 0.102 e. The van der Waals surface area contributed by atoms with Crippen LogP contribution < -0.4 is 0 Å². The molecule has 0 heteroatoms. The highest BCUT2D eigenvalue weighted by Crippen LogP contribution is 2.30. The lowest BCUT2D eigenvalue weighted by atomic mass is 9.84. The van der Waals surface area contributed by atoms with Gasteiger partial charge in [0.15, 0.2) is 0 Å². The van der Waals surface area contributed by atoms with Crippen LogP contribution in [0.25, 0.3) is 0 Å². The van der Waals surface area contributed by atoms with Crippen LogP contribution in [0.4, 0.5) is 0 Å². The zero-order valence-electron chi connectivity index (χ0n) is 7.47. The Hall–Kier alpha value is -0.520. The molecule has 0 heterocycles. The molecule has 1 aliphatic rings. The maximum atomic E-state index is 3.88. The first-order valence-electron chi connectivity index (χ1n) is 4.70. The quantitative estimate of drug-likeness (QED) is 0.524. The van der Waals surface area contributed by atoms with Crippen LogP contribution in [0.15, 0.2) is 24.3 Å². The van der Waals surface area contributed by atoms with E-state index in [0.29, 0.717) is 5.92 Å². The summed E-state index contributed by atoms with van der Waals surface area (Å²) < 4.78 is 0. The molecular formula is C11H18. The third kappa shape index (κ3) is 2.21. The molecule has 0 aromatic carbocycles. The third-order valence-electron chi connectivity index (χ3n) is 2.47. The molecule has 11 heavy (non-hydrogen) atoms. The Balaban J connectivity index is 2.30. The van der Waals surface area contributed by atoms with E-state index in [0.717, 1.165) is 0 Å². The van der Waals surface area contributed by atoms with Gasteiger partial charge in [0.1, 0.15) is 0 Å². The molecule has 0 spiro atoms. The minimum absolute atomic E-state index is 0.698. The van der Waals surface area contributed by atoms with Crippen molar-refractivity contribution in [2.45, 2.75) is 39.0 Å². The van der Waals surface area contributed by atoms with Gasteiger partial charge < -0.3 is 0 Å². The van der Waals surface area contributed by atoms with E-state index in [9.17, 15) is 0 Å². The molecular weight excluding hydrogens is 132 g/mol. The number of rotatable bonds is 5. The Morgan fingerprint density at radius 3 is 2.82 bits per heavy atom. The lowest BCUT2D eigenvalue weighted by Crippen LogP contribution is -2.06. The number of hydrogen-bond donors (Lipinski definition) is 0. The molecule has 1 atom stereocenters. The third-order valence-corrected chi connectivity index (χ3v) is 2.47. The number of allylic oxidation sites excluding steroid dienone is 3. The van der Waals surface area contributed by atoms with Crippen molar-refractivity contribution in [2.24, 2.45) is 5.92 Å². The predicted molar refractivity (Wildman–Crippen MR) is 50.5 cm³/mol. The molecule has 0 aromatic heterocycles. The molecule has 0 fully saturated rings. The predicted octanol–water partition coefficient (Wildman–Crippen LogP) is 3.70. The smallest absolute Gasteiger partial charge is 0.00259 e. The fraction of sp³-hybridized carbons (Fsp3) is 0.636. The van der Waals surface area contributed by atoms with Crippen molar-refractivity contribution in [2.75, 3.05) is 0 Å². The second kappa shape index (κ2) is 4.38. The fourth-order valence-corrected chi connectivity index (χ4v) is 1.53. The van der Waals surface area contributed by atoms with Gasteiger partial charge in [0.05, 0.1) is 0 Å². The topological polar surface area (TPSA) is 0 Å². The molecule has 0 nitrogen and oxygen atoms in total. The van der Waals surface area contributed by atoms with E-state index in [2.05, 4.69) is 25.7 Å². The Labute approximate surface area is 70.0 Å². The van der Waals surface area contributed by atoms with Gasteiger partial charge in [-0.05, 0) is 25.2 Å². The van der Waals surface area contributed by atoms with Gasteiger partial charge in [-0.15, -0.1) is 6.58 Å². The zero-order valence-corrected chi connectivity index (χ0v) is 7.47. The van der Waals surface area contributed by atoms with E-state index in [-0.39, 0.29) is 0 Å². The summed E-state index contributed by atoms with van der Waals surface area (Å²) in [5, 5.41) is 0. The van der Waals surface area contributed by atoms with E-state index in [1.54, 1.807) is 5.57 Å². The van der Waals surface area contributed by atoms with E-state index in [1.807, 2.05) is 0 Å². The van der Waals surface area contributed by atoms with Crippen molar-refractivity contribution in [3.63, 3.8) is 0 Å². The number of hydrogen-bond acceptors (Lipinski definition) is 0. The van der Waals surface area contributed by atoms with Crippen molar-refractivity contribution in [3.8, 4) is 0 Å². The summed E-state index contributed by atoms with van der Waals surface area (Å²) in [4.78, 5) is 0. The Morgan fingerprint density at radius 1 is 1.73 bits per heavy atom. The van der Waals surface area contributed by atoms with Gasteiger partial charge in [0.2, 0.25) is 0 Å². The molecule has 0 bridgehead atoms. The summed E-state index contributed by atoms with van der Waals surface area (Å²) in [6.07, 6.45) is 11.0. The summed E-state index contributed by atoms with van der Waals surface area (Å²) in [5.41, 5.74) is 1.63. The van der Waals surface area contributed by atoms with Crippen LogP contribution in [-0.4, -0.2) is 0 Å². The highest BCUT2D eigenvalue weighted by Gasteiger charge is 2.14. The maximum absolute atomic E-state index is 3.88. The molecule has 0 aromatic rings. The van der Waals surface area contributed by atoms with Gasteiger partial charge in [-0.2, -0.15) is 0 Å². The minimum Gasteiger partial charge on any atom is -0.102 e. The van der Waals surface area contributed by atoms with E-state index in [1.165, 1.54) is 32.1 Å². The highest BCUT2D eigenvalue weighted by molar-refractivity contribution is 5.19.